The van der Waals surface area contributed by atoms with E-state index in [0.29, 0.717) is 17.9 Å². The van der Waals surface area contributed by atoms with Gasteiger partial charge in [0.05, 0.1) is 5.56 Å². The second-order valence-electron chi connectivity index (χ2n) is 6.53. The number of hydrogen-bond donors (Lipinski definition) is 0. The van der Waals surface area contributed by atoms with E-state index in [1.54, 1.807) is 0 Å². The van der Waals surface area contributed by atoms with Crippen LogP contribution in [0, 0.1) is 17.6 Å². The van der Waals surface area contributed by atoms with Gasteiger partial charge in [-0.25, -0.2) is 8.78 Å². The fourth-order valence-electron chi connectivity index (χ4n) is 3.43. The van der Waals surface area contributed by atoms with Crippen LogP contribution < -0.4 is 0 Å². The van der Waals surface area contributed by atoms with E-state index in [2.05, 4.69) is 11.8 Å². The van der Waals surface area contributed by atoms with Gasteiger partial charge in [-0.3, -0.25) is 9.69 Å². The van der Waals surface area contributed by atoms with Crippen LogP contribution in [-0.2, 0) is 0 Å². The molecule has 1 fully saturated rings. The number of Topliss-reactive ketones (excluding diaryl/α,β-unsaturated/α-hetero) is 1. The summed E-state index contributed by atoms with van der Waals surface area (Å²) in [6.07, 6.45) is 1.28. The van der Waals surface area contributed by atoms with Gasteiger partial charge in [0.15, 0.2) is 5.78 Å². The first-order valence-corrected chi connectivity index (χ1v) is 8.82. The average Bonchev–Trinajstić information content (AvgIpc) is 2.62. The number of benzene rings is 2. The second-order valence-corrected chi connectivity index (χ2v) is 6.97. The first-order chi connectivity index (χ1) is 12.0. The number of carbonyl (C=O) groups is 1. The van der Waals surface area contributed by atoms with Gasteiger partial charge in [0.25, 0.3) is 0 Å². The van der Waals surface area contributed by atoms with Gasteiger partial charge < -0.3 is 0 Å². The third-order valence-corrected chi connectivity index (χ3v) is 5.21. The lowest BCUT2D eigenvalue weighted by molar-refractivity contribution is 0.0797. The van der Waals surface area contributed by atoms with Gasteiger partial charge in [-0.05, 0) is 68.8 Å². The van der Waals surface area contributed by atoms with Crippen molar-refractivity contribution >= 4 is 17.4 Å². The number of halogens is 3. The molecule has 2 aromatic rings. The molecule has 5 heteroatoms. The van der Waals surface area contributed by atoms with E-state index >= 15 is 0 Å². The van der Waals surface area contributed by atoms with Crippen LogP contribution in [0.3, 0.4) is 0 Å². The molecule has 1 heterocycles. The van der Waals surface area contributed by atoms with Crippen molar-refractivity contribution in [1.29, 1.82) is 0 Å². The Bertz CT molecular complexity index is 772. The molecule has 0 aromatic heterocycles. The van der Waals surface area contributed by atoms with Gasteiger partial charge in [-0.2, -0.15) is 0 Å². The number of likely N-dealkylation sites (tertiary alicyclic amines) is 1. The molecule has 2 aromatic carbocycles. The van der Waals surface area contributed by atoms with E-state index in [0.717, 1.165) is 36.9 Å². The molecular formula is C20H20ClF2NO. The predicted octanol–water partition coefficient (Wildman–Crippen LogP) is 5.27. The zero-order valence-electron chi connectivity index (χ0n) is 14.0. The quantitative estimate of drug-likeness (QED) is 0.689. The van der Waals surface area contributed by atoms with E-state index in [4.69, 9.17) is 11.6 Å². The molecule has 132 valence electrons. The van der Waals surface area contributed by atoms with Crippen LogP contribution in [-0.4, -0.2) is 23.8 Å². The smallest absolute Gasteiger partial charge is 0.169 e. The summed E-state index contributed by atoms with van der Waals surface area (Å²) in [5.74, 6) is -1.80. The maximum atomic E-state index is 13.8. The highest BCUT2D eigenvalue weighted by atomic mass is 35.5. The van der Waals surface area contributed by atoms with Crippen molar-refractivity contribution in [1.82, 2.24) is 4.90 Å². The van der Waals surface area contributed by atoms with Crippen molar-refractivity contribution < 1.29 is 13.6 Å². The van der Waals surface area contributed by atoms with Crippen LogP contribution in [0.4, 0.5) is 8.78 Å². The Kier molecular flexibility index (Phi) is 5.50. The highest BCUT2D eigenvalue weighted by Crippen LogP contribution is 2.30. The average molecular weight is 364 g/mol. The van der Waals surface area contributed by atoms with Gasteiger partial charge in [-0.1, -0.05) is 23.7 Å². The Morgan fingerprint density at radius 3 is 2.56 bits per heavy atom. The predicted molar refractivity (Wildman–Crippen MR) is 94.9 cm³/mol. The molecule has 0 bridgehead atoms. The summed E-state index contributed by atoms with van der Waals surface area (Å²) in [5, 5.41) is 0.705. The fraction of sp³-hybridized carbons (Fsp3) is 0.350. The third-order valence-electron chi connectivity index (χ3n) is 4.97. The van der Waals surface area contributed by atoms with E-state index in [1.165, 1.54) is 0 Å². The highest BCUT2D eigenvalue weighted by molar-refractivity contribution is 6.30. The van der Waals surface area contributed by atoms with Gasteiger partial charge in [0, 0.05) is 17.0 Å². The zero-order chi connectivity index (χ0) is 18.0. The Morgan fingerprint density at radius 1 is 1.16 bits per heavy atom. The molecule has 25 heavy (non-hydrogen) atoms. The first kappa shape index (κ1) is 18.0. The van der Waals surface area contributed by atoms with Gasteiger partial charge in [-0.15, -0.1) is 0 Å². The third kappa shape index (κ3) is 4.07. The molecule has 0 amide bonds. The van der Waals surface area contributed by atoms with E-state index < -0.39 is 11.6 Å². The number of rotatable bonds is 4. The molecule has 1 aliphatic rings. The van der Waals surface area contributed by atoms with Crippen LogP contribution >= 0.6 is 11.6 Å². The molecule has 0 saturated carbocycles. The largest absolute Gasteiger partial charge is 0.297 e. The van der Waals surface area contributed by atoms with Gasteiger partial charge in [0.2, 0.25) is 0 Å². The van der Waals surface area contributed by atoms with Crippen molar-refractivity contribution in [2.45, 2.75) is 25.8 Å². The lowest BCUT2D eigenvalue weighted by Crippen LogP contribution is -2.38. The molecule has 1 atom stereocenters. The van der Waals surface area contributed by atoms with Crippen LogP contribution in [0.2, 0.25) is 5.02 Å². The molecule has 1 unspecified atom stereocenters. The Balaban J connectivity index is 1.65. The van der Waals surface area contributed by atoms with Crippen LogP contribution in [0.5, 0.6) is 0 Å². The van der Waals surface area contributed by atoms with Crippen molar-refractivity contribution in [3.63, 3.8) is 0 Å². The molecule has 0 spiro atoms. The minimum absolute atomic E-state index is 0.138. The topological polar surface area (TPSA) is 20.3 Å². The summed E-state index contributed by atoms with van der Waals surface area (Å²) in [6, 6.07) is 11.0. The molecule has 1 aliphatic heterocycles. The second kappa shape index (κ2) is 7.63. The number of ketones is 1. The fourth-order valence-corrected chi connectivity index (χ4v) is 3.63. The summed E-state index contributed by atoms with van der Waals surface area (Å²) >= 11 is 6.06. The lowest BCUT2D eigenvalue weighted by Gasteiger charge is -2.35. The zero-order valence-corrected chi connectivity index (χ0v) is 14.8. The summed E-state index contributed by atoms with van der Waals surface area (Å²) in [5.41, 5.74) is 0.995. The first-order valence-electron chi connectivity index (χ1n) is 8.44. The standard InChI is InChI=1S/C20H20ClF2NO/c1-13(15-3-2-4-16(21)11-15)24-9-7-14(8-10-24)20(25)18-12-17(22)5-6-19(18)23/h2-6,11-14H,7-10H2,1H3. The van der Waals surface area contributed by atoms with E-state index in [-0.39, 0.29) is 23.3 Å². The molecule has 2 nitrogen and oxygen atoms in total. The molecule has 1 saturated heterocycles. The summed E-state index contributed by atoms with van der Waals surface area (Å²) in [6.45, 7) is 3.59. The Hall–Kier alpha value is -1.78. The van der Waals surface area contributed by atoms with Crippen LogP contribution in [0.15, 0.2) is 42.5 Å². The number of carbonyl (C=O) groups excluding carboxylic acids is 1. The molecule has 0 aliphatic carbocycles. The maximum Gasteiger partial charge on any atom is 0.169 e. The number of piperidine rings is 1. The van der Waals surface area contributed by atoms with Crippen molar-refractivity contribution in [2.24, 2.45) is 5.92 Å². The van der Waals surface area contributed by atoms with Crippen LogP contribution in [0.1, 0.15) is 41.7 Å². The molecule has 0 N–H and O–H groups in total. The molecule has 3 rings (SSSR count). The normalized spacial score (nSPS) is 17.4. The van der Waals surface area contributed by atoms with E-state index in [9.17, 15) is 13.6 Å². The summed E-state index contributed by atoms with van der Waals surface area (Å²) < 4.78 is 27.2. The van der Waals surface area contributed by atoms with Crippen molar-refractivity contribution in [3.05, 3.63) is 70.2 Å². The summed E-state index contributed by atoms with van der Waals surface area (Å²) in [7, 11) is 0. The minimum atomic E-state index is -0.652. The Labute approximate surface area is 151 Å². The Morgan fingerprint density at radius 2 is 1.88 bits per heavy atom. The SMILES string of the molecule is CC(c1cccc(Cl)c1)N1CCC(C(=O)c2cc(F)ccc2F)CC1. The number of nitrogens with zero attached hydrogens (tertiary/aromatic N) is 1. The summed E-state index contributed by atoms with van der Waals surface area (Å²) in [4.78, 5) is 14.8. The van der Waals surface area contributed by atoms with Crippen LogP contribution in [0.25, 0.3) is 0 Å². The lowest BCUT2D eigenvalue weighted by atomic mass is 9.87. The molecule has 0 radical (unpaired) electrons. The van der Waals surface area contributed by atoms with Crippen molar-refractivity contribution in [2.75, 3.05) is 13.1 Å². The van der Waals surface area contributed by atoms with Gasteiger partial charge in [0.1, 0.15) is 11.6 Å². The van der Waals surface area contributed by atoms with Crippen molar-refractivity contribution in [3.8, 4) is 0 Å². The van der Waals surface area contributed by atoms with Gasteiger partial charge >= 0.3 is 0 Å². The maximum absolute atomic E-state index is 13.8. The molecular weight excluding hydrogens is 344 g/mol. The minimum Gasteiger partial charge on any atom is -0.297 e. The highest BCUT2D eigenvalue weighted by Gasteiger charge is 2.29. The van der Waals surface area contributed by atoms with E-state index in [1.807, 2.05) is 24.3 Å². The number of hydrogen-bond acceptors (Lipinski definition) is 2. The monoisotopic (exact) mass is 363 g/mol.